The second-order valence-electron chi connectivity index (χ2n) is 6.14. The molecular weight excluding hydrogens is 300 g/mol. The third kappa shape index (κ3) is 5.37. The van der Waals surface area contributed by atoms with E-state index in [1.54, 1.807) is 12.4 Å². The summed E-state index contributed by atoms with van der Waals surface area (Å²) >= 11 is 0. The molecule has 0 saturated heterocycles. The first-order valence-corrected chi connectivity index (χ1v) is 8.52. The van der Waals surface area contributed by atoms with Crippen LogP contribution in [0.4, 0.5) is 0 Å². The van der Waals surface area contributed by atoms with E-state index in [0.29, 0.717) is 6.61 Å². The lowest BCUT2D eigenvalue weighted by Gasteiger charge is -2.18. The van der Waals surface area contributed by atoms with E-state index in [2.05, 4.69) is 17.2 Å². The Morgan fingerprint density at radius 2 is 1.96 bits per heavy atom. The van der Waals surface area contributed by atoms with E-state index in [9.17, 15) is 4.79 Å². The number of ether oxygens (including phenoxy) is 1. The van der Waals surface area contributed by atoms with Crippen LogP contribution in [-0.4, -0.2) is 10.9 Å². The number of rotatable bonds is 8. The van der Waals surface area contributed by atoms with Gasteiger partial charge in [-0.2, -0.15) is 0 Å². The molecule has 2 aromatic rings. The molecule has 0 aliphatic heterocycles. The molecule has 1 aromatic carbocycles. The van der Waals surface area contributed by atoms with Gasteiger partial charge in [0.15, 0.2) is 0 Å². The maximum atomic E-state index is 12.1. The highest BCUT2D eigenvalue weighted by Crippen LogP contribution is 2.19. The Labute approximate surface area is 144 Å². The molecule has 2 atom stereocenters. The van der Waals surface area contributed by atoms with E-state index in [4.69, 9.17) is 4.74 Å². The molecule has 128 valence electrons. The molecule has 1 heterocycles. The lowest BCUT2D eigenvalue weighted by molar-refractivity contribution is -0.125. The van der Waals surface area contributed by atoms with Crippen LogP contribution in [0.25, 0.3) is 0 Å². The van der Waals surface area contributed by atoms with E-state index in [1.807, 2.05) is 50.2 Å². The summed E-state index contributed by atoms with van der Waals surface area (Å²) in [4.78, 5) is 16.2. The average molecular weight is 326 g/mol. The molecule has 1 N–H and O–H groups in total. The zero-order valence-corrected chi connectivity index (χ0v) is 14.7. The number of amides is 1. The Morgan fingerprint density at radius 1 is 1.21 bits per heavy atom. The summed E-state index contributed by atoms with van der Waals surface area (Å²) in [6.45, 7) is 6.56. The van der Waals surface area contributed by atoms with Gasteiger partial charge in [-0.3, -0.25) is 9.78 Å². The smallest absolute Gasteiger partial charge is 0.223 e. The normalized spacial score (nSPS) is 13.1. The van der Waals surface area contributed by atoms with Crippen molar-refractivity contribution < 1.29 is 9.53 Å². The van der Waals surface area contributed by atoms with Gasteiger partial charge in [-0.25, -0.2) is 0 Å². The fourth-order valence-electron chi connectivity index (χ4n) is 2.51. The zero-order valence-electron chi connectivity index (χ0n) is 14.7. The number of aromatic nitrogens is 1. The number of carbonyl (C=O) groups excluding carboxylic acids is 1. The molecule has 0 spiro atoms. The molecule has 0 saturated carbocycles. The van der Waals surface area contributed by atoms with Gasteiger partial charge in [-0.15, -0.1) is 0 Å². The Hall–Kier alpha value is -2.36. The third-order valence-electron chi connectivity index (χ3n) is 4.04. The number of hydrogen-bond acceptors (Lipinski definition) is 3. The highest BCUT2D eigenvalue weighted by molar-refractivity contribution is 5.78. The van der Waals surface area contributed by atoms with Crippen molar-refractivity contribution in [2.75, 3.05) is 0 Å². The molecule has 0 aliphatic rings. The standard InChI is InChI=1S/C20H26N2O2/c1-4-6-15(2)20(23)22-16(3)18-8-10-19(11-9-18)24-14-17-7-5-12-21-13-17/h5,7-13,15-16H,4,6,14H2,1-3H3,(H,22,23)/t15-,16+/m0/s1. The first-order valence-electron chi connectivity index (χ1n) is 8.52. The van der Waals surface area contributed by atoms with E-state index in [-0.39, 0.29) is 17.9 Å². The van der Waals surface area contributed by atoms with Crippen molar-refractivity contribution in [1.82, 2.24) is 10.3 Å². The lowest BCUT2D eigenvalue weighted by atomic mass is 10.0. The third-order valence-corrected chi connectivity index (χ3v) is 4.04. The van der Waals surface area contributed by atoms with Gasteiger partial charge in [-0.1, -0.05) is 38.5 Å². The molecule has 1 amide bonds. The van der Waals surface area contributed by atoms with Crippen LogP contribution in [-0.2, 0) is 11.4 Å². The molecule has 0 bridgehead atoms. The summed E-state index contributed by atoms with van der Waals surface area (Å²) in [6.07, 6.45) is 5.48. The topological polar surface area (TPSA) is 51.2 Å². The molecule has 24 heavy (non-hydrogen) atoms. The second kappa shape index (κ2) is 9.06. The van der Waals surface area contributed by atoms with Crippen molar-refractivity contribution in [2.45, 2.75) is 46.3 Å². The molecule has 2 rings (SSSR count). The fraction of sp³-hybridized carbons (Fsp3) is 0.400. The Morgan fingerprint density at radius 3 is 2.58 bits per heavy atom. The van der Waals surface area contributed by atoms with Crippen molar-refractivity contribution in [3.63, 3.8) is 0 Å². The van der Waals surface area contributed by atoms with Gasteiger partial charge < -0.3 is 10.1 Å². The highest BCUT2D eigenvalue weighted by atomic mass is 16.5. The molecule has 0 radical (unpaired) electrons. The van der Waals surface area contributed by atoms with Crippen molar-refractivity contribution in [3.8, 4) is 5.75 Å². The van der Waals surface area contributed by atoms with Crippen LogP contribution < -0.4 is 10.1 Å². The molecule has 0 aliphatic carbocycles. The second-order valence-corrected chi connectivity index (χ2v) is 6.14. The highest BCUT2D eigenvalue weighted by Gasteiger charge is 2.15. The van der Waals surface area contributed by atoms with Gasteiger partial charge in [0.1, 0.15) is 12.4 Å². The van der Waals surface area contributed by atoms with Crippen LogP contribution in [0.15, 0.2) is 48.8 Å². The molecule has 0 fully saturated rings. The Kier molecular flexibility index (Phi) is 6.79. The number of nitrogens with zero attached hydrogens (tertiary/aromatic N) is 1. The maximum absolute atomic E-state index is 12.1. The minimum absolute atomic E-state index is 0.0100. The monoisotopic (exact) mass is 326 g/mol. The van der Waals surface area contributed by atoms with Crippen molar-refractivity contribution >= 4 is 5.91 Å². The summed E-state index contributed by atoms with van der Waals surface area (Å²) in [5.41, 5.74) is 2.10. The van der Waals surface area contributed by atoms with Crippen molar-refractivity contribution in [3.05, 3.63) is 59.9 Å². The summed E-state index contributed by atoms with van der Waals surface area (Å²) in [6, 6.07) is 11.7. The van der Waals surface area contributed by atoms with Crippen LogP contribution in [0.3, 0.4) is 0 Å². The largest absolute Gasteiger partial charge is 0.489 e. The van der Waals surface area contributed by atoms with Gasteiger partial charge in [0.05, 0.1) is 6.04 Å². The van der Waals surface area contributed by atoms with Crippen LogP contribution >= 0.6 is 0 Å². The van der Waals surface area contributed by atoms with E-state index >= 15 is 0 Å². The summed E-state index contributed by atoms with van der Waals surface area (Å²) in [5, 5.41) is 3.07. The number of carbonyl (C=O) groups is 1. The fourth-order valence-corrected chi connectivity index (χ4v) is 2.51. The van der Waals surface area contributed by atoms with Crippen molar-refractivity contribution in [1.29, 1.82) is 0 Å². The molecule has 4 heteroatoms. The van der Waals surface area contributed by atoms with E-state index < -0.39 is 0 Å². The average Bonchev–Trinajstić information content (AvgIpc) is 2.61. The maximum Gasteiger partial charge on any atom is 0.223 e. The number of pyridine rings is 1. The summed E-state index contributed by atoms with van der Waals surface area (Å²) in [5.74, 6) is 0.973. The van der Waals surface area contributed by atoms with Crippen LogP contribution in [0.2, 0.25) is 0 Å². The number of hydrogen-bond donors (Lipinski definition) is 1. The predicted octanol–water partition coefficient (Wildman–Crippen LogP) is 4.27. The Balaban J connectivity index is 1.87. The predicted molar refractivity (Wildman–Crippen MR) is 95.6 cm³/mol. The minimum Gasteiger partial charge on any atom is -0.489 e. The Bertz CT molecular complexity index is 626. The first-order chi connectivity index (χ1) is 11.6. The molecular formula is C20H26N2O2. The summed E-state index contributed by atoms with van der Waals surface area (Å²) in [7, 11) is 0. The van der Waals surface area contributed by atoms with Gasteiger partial charge in [0, 0.05) is 23.9 Å². The molecule has 4 nitrogen and oxygen atoms in total. The number of benzene rings is 1. The molecule has 0 unspecified atom stereocenters. The minimum atomic E-state index is -0.0100. The van der Waals surface area contributed by atoms with E-state index in [1.165, 1.54) is 0 Å². The zero-order chi connectivity index (χ0) is 17.4. The summed E-state index contributed by atoms with van der Waals surface area (Å²) < 4.78 is 5.75. The van der Waals surface area contributed by atoms with Gasteiger partial charge in [-0.05, 0) is 37.1 Å². The molecule has 1 aromatic heterocycles. The van der Waals surface area contributed by atoms with Gasteiger partial charge >= 0.3 is 0 Å². The lowest BCUT2D eigenvalue weighted by Crippen LogP contribution is -2.31. The quantitative estimate of drug-likeness (QED) is 0.788. The van der Waals surface area contributed by atoms with Crippen LogP contribution in [0.1, 0.15) is 50.8 Å². The van der Waals surface area contributed by atoms with Crippen LogP contribution in [0.5, 0.6) is 5.75 Å². The van der Waals surface area contributed by atoms with Gasteiger partial charge in [0.25, 0.3) is 0 Å². The SMILES string of the molecule is CCC[C@H](C)C(=O)N[C@H](C)c1ccc(OCc2cccnc2)cc1. The number of nitrogens with one attached hydrogen (secondary N) is 1. The van der Waals surface area contributed by atoms with E-state index in [0.717, 1.165) is 29.7 Å². The first kappa shape index (κ1) is 18.0. The van der Waals surface area contributed by atoms with Gasteiger partial charge in [0.2, 0.25) is 5.91 Å². The van der Waals surface area contributed by atoms with Crippen molar-refractivity contribution in [2.24, 2.45) is 5.92 Å². The van der Waals surface area contributed by atoms with Crippen LogP contribution in [0, 0.1) is 5.92 Å².